The van der Waals surface area contributed by atoms with Crippen molar-refractivity contribution in [2.75, 3.05) is 13.2 Å². The number of hydrogen-bond acceptors (Lipinski definition) is 4. The monoisotopic (exact) mass is 208 g/mol. The Labute approximate surface area is 89.4 Å². The third-order valence-corrected chi connectivity index (χ3v) is 2.54. The number of aromatic nitrogens is 1. The summed E-state index contributed by atoms with van der Waals surface area (Å²) >= 11 is 0. The smallest absolute Gasteiger partial charge is 0.213 e. The molecule has 4 nitrogen and oxygen atoms in total. The Balaban J connectivity index is 2.07. The molecule has 1 aromatic rings. The SMILES string of the molecule is Cc1ccc(OC2CCOC2)nc1CN. The molecular formula is C11H16N2O2. The molecule has 0 aliphatic carbocycles. The Morgan fingerprint density at radius 2 is 2.47 bits per heavy atom. The van der Waals surface area contributed by atoms with Crippen LogP contribution in [-0.2, 0) is 11.3 Å². The topological polar surface area (TPSA) is 57.4 Å². The lowest BCUT2D eigenvalue weighted by atomic mass is 10.2. The predicted molar refractivity (Wildman–Crippen MR) is 56.7 cm³/mol. The molecule has 15 heavy (non-hydrogen) atoms. The first kappa shape index (κ1) is 10.4. The molecule has 0 amide bonds. The van der Waals surface area contributed by atoms with Gasteiger partial charge < -0.3 is 15.2 Å². The fourth-order valence-electron chi connectivity index (χ4n) is 1.60. The first-order valence-electron chi connectivity index (χ1n) is 5.20. The van der Waals surface area contributed by atoms with E-state index in [-0.39, 0.29) is 6.10 Å². The van der Waals surface area contributed by atoms with Crippen LogP contribution in [0.1, 0.15) is 17.7 Å². The normalized spacial score (nSPS) is 20.5. The zero-order valence-electron chi connectivity index (χ0n) is 8.90. The number of pyridine rings is 1. The highest BCUT2D eigenvalue weighted by atomic mass is 16.5. The molecular weight excluding hydrogens is 192 g/mol. The third-order valence-electron chi connectivity index (χ3n) is 2.54. The molecule has 1 aliphatic rings. The van der Waals surface area contributed by atoms with Crippen LogP contribution < -0.4 is 10.5 Å². The Bertz CT molecular complexity index is 335. The van der Waals surface area contributed by atoms with Crippen molar-refractivity contribution in [2.24, 2.45) is 5.73 Å². The van der Waals surface area contributed by atoms with Gasteiger partial charge in [0.25, 0.3) is 0 Å². The Morgan fingerprint density at radius 1 is 1.60 bits per heavy atom. The first-order chi connectivity index (χ1) is 7.29. The lowest BCUT2D eigenvalue weighted by Gasteiger charge is -2.12. The molecule has 0 radical (unpaired) electrons. The summed E-state index contributed by atoms with van der Waals surface area (Å²) in [4.78, 5) is 4.35. The number of rotatable bonds is 3. The molecule has 2 rings (SSSR count). The van der Waals surface area contributed by atoms with Crippen molar-refractivity contribution in [2.45, 2.75) is 26.0 Å². The van der Waals surface area contributed by atoms with Gasteiger partial charge in [0.2, 0.25) is 5.88 Å². The van der Waals surface area contributed by atoms with E-state index in [1.165, 1.54) is 0 Å². The molecule has 1 aliphatic heterocycles. The fourth-order valence-corrected chi connectivity index (χ4v) is 1.60. The van der Waals surface area contributed by atoms with Crippen molar-refractivity contribution < 1.29 is 9.47 Å². The van der Waals surface area contributed by atoms with Gasteiger partial charge >= 0.3 is 0 Å². The van der Waals surface area contributed by atoms with E-state index in [0.717, 1.165) is 24.3 Å². The van der Waals surface area contributed by atoms with Crippen molar-refractivity contribution in [1.82, 2.24) is 4.98 Å². The van der Waals surface area contributed by atoms with E-state index >= 15 is 0 Å². The number of nitrogens with zero attached hydrogens (tertiary/aromatic N) is 1. The van der Waals surface area contributed by atoms with Crippen LogP contribution in [0.25, 0.3) is 0 Å². The van der Waals surface area contributed by atoms with Crippen LogP contribution in [0.5, 0.6) is 5.88 Å². The highest BCUT2D eigenvalue weighted by Crippen LogP contribution is 2.16. The van der Waals surface area contributed by atoms with Crippen LogP contribution in [0.2, 0.25) is 0 Å². The van der Waals surface area contributed by atoms with Crippen molar-refractivity contribution in [1.29, 1.82) is 0 Å². The third kappa shape index (κ3) is 2.46. The van der Waals surface area contributed by atoms with E-state index in [9.17, 15) is 0 Å². The van der Waals surface area contributed by atoms with Gasteiger partial charge in [0, 0.05) is 19.0 Å². The van der Waals surface area contributed by atoms with Crippen LogP contribution in [0.3, 0.4) is 0 Å². The number of hydrogen-bond donors (Lipinski definition) is 1. The summed E-state index contributed by atoms with van der Waals surface area (Å²) in [6, 6.07) is 3.87. The van der Waals surface area contributed by atoms with Crippen LogP contribution in [0.4, 0.5) is 0 Å². The van der Waals surface area contributed by atoms with Crippen LogP contribution in [-0.4, -0.2) is 24.3 Å². The maximum atomic E-state index is 5.68. The Kier molecular flexibility index (Phi) is 3.18. The Hall–Kier alpha value is -1.13. The fraction of sp³-hybridized carbons (Fsp3) is 0.545. The van der Waals surface area contributed by atoms with Crippen LogP contribution in [0.15, 0.2) is 12.1 Å². The second-order valence-corrected chi connectivity index (χ2v) is 3.72. The van der Waals surface area contributed by atoms with Gasteiger partial charge in [-0.3, -0.25) is 0 Å². The van der Waals surface area contributed by atoms with E-state index < -0.39 is 0 Å². The molecule has 1 aromatic heterocycles. The van der Waals surface area contributed by atoms with Gasteiger partial charge in [0.15, 0.2) is 0 Å². The predicted octanol–water partition coefficient (Wildman–Crippen LogP) is 1.02. The van der Waals surface area contributed by atoms with Gasteiger partial charge in [-0.15, -0.1) is 0 Å². The lowest BCUT2D eigenvalue weighted by Crippen LogP contribution is -2.17. The summed E-state index contributed by atoms with van der Waals surface area (Å²) in [6.07, 6.45) is 1.08. The van der Waals surface area contributed by atoms with Crippen LogP contribution >= 0.6 is 0 Å². The average molecular weight is 208 g/mol. The summed E-state index contributed by atoms with van der Waals surface area (Å²) in [5, 5.41) is 0. The molecule has 0 bridgehead atoms. The minimum Gasteiger partial charge on any atom is -0.472 e. The quantitative estimate of drug-likeness (QED) is 0.805. The van der Waals surface area contributed by atoms with Crippen molar-refractivity contribution in [3.8, 4) is 5.88 Å². The zero-order valence-corrected chi connectivity index (χ0v) is 8.90. The van der Waals surface area contributed by atoms with E-state index in [2.05, 4.69) is 4.98 Å². The van der Waals surface area contributed by atoms with E-state index in [1.54, 1.807) is 0 Å². The molecule has 2 N–H and O–H groups in total. The molecule has 1 atom stereocenters. The molecule has 2 heterocycles. The zero-order chi connectivity index (χ0) is 10.7. The molecule has 1 unspecified atom stereocenters. The first-order valence-corrected chi connectivity index (χ1v) is 5.20. The number of ether oxygens (including phenoxy) is 2. The summed E-state index contributed by atoms with van der Waals surface area (Å²) in [5.41, 5.74) is 7.58. The van der Waals surface area contributed by atoms with E-state index in [0.29, 0.717) is 19.0 Å². The van der Waals surface area contributed by atoms with Gasteiger partial charge in [-0.1, -0.05) is 6.07 Å². The Morgan fingerprint density at radius 3 is 3.13 bits per heavy atom. The van der Waals surface area contributed by atoms with Gasteiger partial charge in [-0.25, -0.2) is 4.98 Å². The molecule has 0 aromatic carbocycles. The van der Waals surface area contributed by atoms with Crippen molar-refractivity contribution in [3.63, 3.8) is 0 Å². The largest absolute Gasteiger partial charge is 0.472 e. The average Bonchev–Trinajstić information content (AvgIpc) is 2.73. The van der Waals surface area contributed by atoms with Crippen LogP contribution in [0, 0.1) is 6.92 Å². The molecule has 1 saturated heterocycles. The summed E-state index contributed by atoms with van der Waals surface area (Å²) in [7, 11) is 0. The highest BCUT2D eigenvalue weighted by molar-refractivity contribution is 5.24. The summed E-state index contributed by atoms with van der Waals surface area (Å²) < 4.78 is 10.9. The summed E-state index contributed by atoms with van der Waals surface area (Å²) in [5.74, 6) is 0.650. The molecule has 82 valence electrons. The van der Waals surface area contributed by atoms with E-state index in [4.69, 9.17) is 15.2 Å². The maximum Gasteiger partial charge on any atom is 0.213 e. The highest BCUT2D eigenvalue weighted by Gasteiger charge is 2.17. The molecule has 4 heteroatoms. The van der Waals surface area contributed by atoms with Gasteiger partial charge in [0.05, 0.1) is 18.9 Å². The minimum absolute atomic E-state index is 0.144. The van der Waals surface area contributed by atoms with E-state index in [1.807, 2.05) is 19.1 Å². The van der Waals surface area contributed by atoms with Crippen molar-refractivity contribution >= 4 is 0 Å². The number of aryl methyl sites for hydroxylation is 1. The van der Waals surface area contributed by atoms with Gasteiger partial charge in [-0.05, 0) is 12.5 Å². The van der Waals surface area contributed by atoms with Gasteiger partial charge in [-0.2, -0.15) is 0 Å². The minimum atomic E-state index is 0.144. The maximum absolute atomic E-state index is 5.68. The standard InChI is InChI=1S/C11H16N2O2/c1-8-2-3-11(13-10(8)6-12)15-9-4-5-14-7-9/h2-3,9H,4-7,12H2,1H3. The number of nitrogens with two attached hydrogens (primary N) is 1. The molecule has 0 saturated carbocycles. The van der Waals surface area contributed by atoms with Crippen molar-refractivity contribution in [3.05, 3.63) is 23.4 Å². The lowest BCUT2D eigenvalue weighted by molar-refractivity contribution is 0.138. The molecule has 0 spiro atoms. The second kappa shape index (κ2) is 4.59. The van der Waals surface area contributed by atoms with Gasteiger partial charge in [0.1, 0.15) is 6.10 Å². The summed E-state index contributed by atoms with van der Waals surface area (Å²) in [6.45, 7) is 3.88. The second-order valence-electron chi connectivity index (χ2n) is 3.72. The molecule has 1 fully saturated rings.